The molecule has 2 nitrogen and oxygen atoms in total. The van der Waals surface area contributed by atoms with Crippen molar-refractivity contribution >= 4 is 34.2 Å². The molecular weight excluding hydrogens is 300 g/mol. The van der Waals surface area contributed by atoms with Crippen LogP contribution in [0.15, 0.2) is 21.3 Å². The molecule has 0 unspecified atom stereocenters. The van der Waals surface area contributed by atoms with Gasteiger partial charge >= 0.3 is 6.18 Å². The molecule has 1 aliphatic carbocycles. The van der Waals surface area contributed by atoms with E-state index in [9.17, 15) is 22.8 Å². The van der Waals surface area contributed by atoms with Crippen molar-refractivity contribution in [2.75, 3.05) is 0 Å². The van der Waals surface area contributed by atoms with Crippen LogP contribution in [0.2, 0.25) is 0 Å². The van der Waals surface area contributed by atoms with Gasteiger partial charge in [0.2, 0.25) is 0 Å². The number of rotatable bonds is 0. The third kappa shape index (κ3) is 2.17. The van der Waals surface area contributed by atoms with Gasteiger partial charge in [-0.2, -0.15) is 13.2 Å². The van der Waals surface area contributed by atoms with Crippen LogP contribution in [0.3, 0.4) is 0 Å². The third-order valence-electron chi connectivity index (χ3n) is 1.34. The van der Waals surface area contributed by atoms with Crippen LogP contribution in [0, 0.1) is 0 Å². The summed E-state index contributed by atoms with van der Waals surface area (Å²) >= 11 is 1.51. The zero-order chi connectivity index (χ0) is 10.2. The number of allylic oxidation sites excluding steroid dienone is 4. The van der Waals surface area contributed by atoms with Crippen molar-refractivity contribution < 1.29 is 22.8 Å². The number of carbonyl (C=O) groups excluding carboxylic acids is 2. The minimum absolute atomic E-state index is 0.00407. The number of halogens is 4. The Morgan fingerprint density at radius 1 is 1.08 bits per heavy atom. The summed E-state index contributed by atoms with van der Waals surface area (Å²) in [6, 6.07) is 0. The van der Waals surface area contributed by atoms with Gasteiger partial charge in [-0.15, -0.1) is 0 Å². The van der Waals surface area contributed by atoms with Gasteiger partial charge in [-0.1, -0.05) is 0 Å². The molecule has 0 spiro atoms. The maximum Gasteiger partial charge on any atom is 0.420 e. The number of carbonyl (C=O) groups is 2. The largest absolute Gasteiger partial charge is 0.420 e. The van der Waals surface area contributed by atoms with E-state index in [1.807, 2.05) is 0 Å². The first-order valence-electron chi connectivity index (χ1n) is 3.07. The molecule has 13 heavy (non-hydrogen) atoms. The second-order valence-corrected chi connectivity index (χ2v) is 3.44. The van der Waals surface area contributed by atoms with E-state index in [0.717, 1.165) is 0 Å². The Labute approximate surface area is 84.6 Å². The Morgan fingerprint density at radius 2 is 1.62 bits per heavy atom. The van der Waals surface area contributed by atoms with Crippen molar-refractivity contribution in [1.82, 2.24) is 0 Å². The average molecular weight is 302 g/mol. The molecule has 0 aromatic carbocycles. The molecule has 0 aliphatic heterocycles. The molecule has 0 atom stereocenters. The average Bonchev–Trinajstić information content (AvgIpc) is 1.94. The molecule has 6 heteroatoms. The smallest absolute Gasteiger partial charge is 0.289 e. The van der Waals surface area contributed by atoms with E-state index in [1.54, 1.807) is 0 Å². The van der Waals surface area contributed by atoms with Crippen LogP contribution in [0.4, 0.5) is 13.2 Å². The van der Waals surface area contributed by atoms with Crippen LogP contribution in [-0.2, 0) is 9.59 Å². The highest BCUT2D eigenvalue weighted by molar-refractivity contribution is 14.1. The van der Waals surface area contributed by atoms with Gasteiger partial charge in [-0.25, -0.2) is 0 Å². The predicted molar refractivity (Wildman–Crippen MR) is 46.3 cm³/mol. The lowest BCUT2D eigenvalue weighted by Gasteiger charge is -2.11. The summed E-state index contributed by atoms with van der Waals surface area (Å²) in [7, 11) is 0. The van der Waals surface area contributed by atoms with Gasteiger partial charge in [0.25, 0.3) is 0 Å². The van der Waals surface area contributed by atoms with Crippen LogP contribution >= 0.6 is 22.6 Å². The van der Waals surface area contributed by atoms with Crippen molar-refractivity contribution in [2.45, 2.75) is 6.18 Å². The number of alkyl halides is 3. The first-order chi connectivity index (χ1) is 5.82. The molecule has 0 heterocycles. The first kappa shape index (κ1) is 10.4. The third-order valence-corrected chi connectivity index (χ3v) is 2.18. The molecule has 0 bridgehead atoms. The topological polar surface area (TPSA) is 34.1 Å². The highest BCUT2D eigenvalue weighted by Crippen LogP contribution is 2.30. The molecule has 0 saturated carbocycles. The van der Waals surface area contributed by atoms with Gasteiger partial charge < -0.3 is 0 Å². The summed E-state index contributed by atoms with van der Waals surface area (Å²) in [5, 5.41) is 0. The standard InChI is InChI=1S/C7H2F3IO2/c8-7(9,10)3-1-6(13)4(11)2-5(3)12/h1-2H. The van der Waals surface area contributed by atoms with Gasteiger partial charge in [0, 0.05) is 12.2 Å². The van der Waals surface area contributed by atoms with Crippen LogP contribution < -0.4 is 0 Å². The highest BCUT2D eigenvalue weighted by atomic mass is 127. The van der Waals surface area contributed by atoms with E-state index in [2.05, 4.69) is 0 Å². The maximum atomic E-state index is 12.0. The molecule has 0 radical (unpaired) electrons. The maximum absolute atomic E-state index is 12.0. The number of ketones is 2. The molecule has 0 saturated heterocycles. The minimum Gasteiger partial charge on any atom is -0.289 e. The van der Waals surface area contributed by atoms with Crippen LogP contribution in [0.1, 0.15) is 0 Å². The summed E-state index contributed by atoms with van der Waals surface area (Å²) in [5.41, 5.74) is -1.40. The van der Waals surface area contributed by atoms with E-state index in [-0.39, 0.29) is 3.58 Å². The van der Waals surface area contributed by atoms with Crippen molar-refractivity contribution in [3.63, 3.8) is 0 Å². The lowest BCUT2D eigenvalue weighted by atomic mass is 10.0. The molecule has 0 N–H and O–H groups in total. The summed E-state index contributed by atoms with van der Waals surface area (Å²) in [4.78, 5) is 21.6. The van der Waals surface area contributed by atoms with Crippen LogP contribution in [0.25, 0.3) is 0 Å². The fourth-order valence-corrected chi connectivity index (χ4v) is 1.20. The Morgan fingerprint density at radius 3 is 2.08 bits per heavy atom. The second kappa shape index (κ2) is 3.24. The van der Waals surface area contributed by atoms with Gasteiger partial charge in [-0.3, -0.25) is 9.59 Å². The molecular formula is C7H2F3IO2. The molecule has 70 valence electrons. The normalized spacial score (nSPS) is 18.5. The molecule has 1 rings (SSSR count). The summed E-state index contributed by atoms with van der Waals surface area (Å²) in [5.74, 6) is -1.95. The SMILES string of the molecule is O=C1C=C(C(F)(F)F)C(=O)C=C1I. The molecule has 0 aromatic rings. The zero-order valence-corrected chi connectivity index (χ0v) is 8.14. The molecule has 1 aliphatic rings. The Bertz CT molecular complexity index is 338. The monoisotopic (exact) mass is 302 g/mol. The first-order valence-corrected chi connectivity index (χ1v) is 4.15. The van der Waals surface area contributed by atoms with Crippen LogP contribution in [0.5, 0.6) is 0 Å². The number of hydrogen-bond donors (Lipinski definition) is 0. The van der Waals surface area contributed by atoms with E-state index in [4.69, 9.17) is 0 Å². The predicted octanol–water partition coefficient (Wildman–Crippen LogP) is 1.95. The molecule has 0 aromatic heterocycles. The highest BCUT2D eigenvalue weighted by Gasteiger charge is 2.40. The van der Waals surface area contributed by atoms with E-state index < -0.39 is 23.3 Å². The van der Waals surface area contributed by atoms with E-state index in [0.29, 0.717) is 12.2 Å². The fourth-order valence-electron chi connectivity index (χ4n) is 0.757. The Kier molecular flexibility index (Phi) is 2.60. The summed E-state index contributed by atoms with van der Waals surface area (Å²) in [6.07, 6.45) is -3.74. The fraction of sp³-hybridized carbons (Fsp3) is 0.143. The Balaban J connectivity index is 3.11. The van der Waals surface area contributed by atoms with Crippen LogP contribution in [-0.4, -0.2) is 17.7 Å². The van der Waals surface area contributed by atoms with Crippen molar-refractivity contribution in [1.29, 1.82) is 0 Å². The van der Waals surface area contributed by atoms with Gasteiger partial charge in [0.15, 0.2) is 11.6 Å². The second-order valence-electron chi connectivity index (χ2n) is 2.28. The van der Waals surface area contributed by atoms with Crippen molar-refractivity contribution in [3.05, 3.63) is 21.3 Å². The van der Waals surface area contributed by atoms with Gasteiger partial charge in [0.1, 0.15) is 5.57 Å². The van der Waals surface area contributed by atoms with Gasteiger partial charge in [0.05, 0.1) is 3.58 Å². The van der Waals surface area contributed by atoms with Gasteiger partial charge in [-0.05, 0) is 22.6 Å². The number of hydrogen-bond acceptors (Lipinski definition) is 2. The Hall–Kier alpha value is -0.660. The van der Waals surface area contributed by atoms with E-state index >= 15 is 0 Å². The minimum atomic E-state index is -4.75. The lowest BCUT2D eigenvalue weighted by Crippen LogP contribution is -2.23. The van der Waals surface area contributed by atoms with E-state index in [1.165, 1.54) is 22.6 Å². The quantitative estimate of drug-likeness (QED) is 0.506. The molecule has 0 amide bonds. The van der Waals surface area contributed by atoms with Crippen molar-refractivity contribution in [2.24, 2.45) is 0 Å². The lowest BCUT2D eigenvalue weighted by molar-refractivity contribution is -0.127. The summed E-state index contributed by atoms with van der Waals surface area (Å²) < 4.78 is 36.1. The molecule has 0 fully saturated rings. The zero-order valence-electron chi connectivity index (χ0n) is 5.98. The van der Waals surface area contributed by atoms with Crippen molar-refractivity contribution in [3.8, 4) is 0 Å². The summed E-state index contributed by atoms with van der Waals surface area (Å²) in [6.45, 7) is 0.